The van der Waals surface area contributed by atoms with Crippen molar-refractivity contribution in [3.8, 4) is 11.5 Å². The topological polar surface area (TPSA) is 9.23 Å². The van der Waals surface area contributed by atoms with Gasteiger partial charge in [-0.15, -0.1) is 0 Å². The third kappa shape index (κ3) is 3.89. The zero-order valence-corrected chi connectivity index (χ0v) is 18.9. The molecule has 5 rings (SSSR count). The van der Waals surface area contributed by atoms with E-state index in [9.17, 15) is 0 Å². The van der Waals surface area contributed by atoms with Gasteiger partial charge in [0.05, 0.1) is 0 Å². The van der Waals surface area contributed by atoms with E-state index in [1.165, 1.54) is 35.1 Å². The maximum absolute atomic E-state index is 6.12. The highest BCUT2D eigenvalue weighted by molar-refractivity contribution is 5.40. The van der Waals surface area contributed by atoms with Gasteiger partial charge in [0.25, 0.3) is 0 Å². The molecule has 3 aliphatic rings. The van der Waals surface area contributed by atoms with Crippen LogP contribution in [0.2, 0.25) is 0 Å². The second-order valence-corrected chi connectivity index (χ2v) is 9.76. The van der Waals surface area contributed by atoms with Crippen molar-refractivity contribution in [2.75, 3.05) is 0 Å². The molecular weight excluding hydrogens is 352 g/mol. The van der Waals surface area contributed by atoms with Gasteiger partial charge in [-0.25, -0.2) is 0 Å². The van der Waals surface area contributed by atoms with Gasteiger partial charge in [0.15, 0.2) is 0 Å². The Morgan fingerprint density at radius 1 is 0.690 bits per heavy atom. The lowest BCUT2D eigenvalue weighted by Crippen LogP contribution is -2.45. The smallest absolute Gasteiger partial charge is 0.127 e. The van der Waals surface area contributed by atoms with Crippen LogP contribution in [0.3, 0.4) is 0 Å². The molecule has 6 unspecified atom stereocenters. The number of hydrogen-bond acceptors (Lipinski definition) is 1. The van der Waals surface area contributed by atoms with Crippen molar-refractivity contribution in [2.24, 2.45) is 35.5 Å². The number of fused-ring (bicyclic) bond motifs is 2. The number of allylic oxidation sites excluding steroid dienone is 2. The van der Waals surface area contributed by atoms with E-state index in [2.05, 4.69) is 90.1 Å². The third-order valence-electron chi connectivity index (χ3n) is 8.15. The Morgan fingerprint density at radius 2 is 1.31 bits per heavy atom. The number of benzene rings is 2. The lowest BCUT2D eigenvalue weighted by Gasteiger charge is -2.51. The molecule has 0 aliphatic heterocycles. The standard InChI is InChI=1S/C28H36O/c1-17-7-10-24(15-18(17)2)29-25-11-8-23(19(3)16-25)9-12-28-22(6)26-13-14-27(28)21(5)20(26)4/h7-8,10-11,13-16,20-22,26-28H,9,12H2,1-6H3. The Hall–Kier alpha value is -2.02. The van der Waals surface area contributed by atoms with E-state index >= 15 is 0 Å². The Kier molecular flexibility index (Phi) is 5.60. The van der Waals surface area contributed by atoms with Crippen molar-refractivity contribution in [1.82, 2.24) is 0 Å². The highest BCUT2D eigenvalue weighted by atomic mass is 16.5. The van der Waals surface area contributed by atoms with Crippen molar-refractivity contribution in [2.45, 2.75) is 54.4 Å². The van der Waals surface area contributed by atoms with E-state index in [0.29, 0.717) is 0 Å². The van der Waals surface area contributed by atoms with E-state index in [-0.39, 0.29) is 0 Å². The van der Waals surface area contributed by atoms with Crippen molar-refractivity contribution in [1.29, 1.82) is 0 Å². The van der Waals surface area contributed by atoms with Gasteiger partial charge in [-0.2, -0.15) is 0 Å². The van der Waals surface area contributed by atoms with Crippen LogP contribution in [0.25, 0.3) is 0 Å². The number of rotatable bonds is 5. The molecule has 0 N–H and O–H groups in total. The molecule has 0 aromatic heterocycles. The Labute approximate surface area is 177 Å². The highest BCUT2D eigenvalue weighted by Gasteiger charge is 2.45. The molecule has 2 aromatic carbocycles. The van der Waals surface area contributed by atoms with E-state index in [0.717, 1.165) is 47.0 Å². The fraction of sp³-hybridized carbons (Fsp3) is 0.500. The summed E-state index contributed by atoms with van der Waals surface area (Å²) in [5.74, 6) is 6.67. The van der Waals surface area contributed by atoms with Gasteiger partial charge in [0.2, 0.25) is 0 Å². The van der Waals surface area contributed by atoms with Crippen molar-refractivity contribution < 1.29 is 4.74 Å². The molecule has 0 saturated heterocycles. The average molecular weight is 389 g/mol. The summed E-state index contributed by atoms with van der Waals surface area (Å²) in [4.78, 5) is 0. The average Bonchev–Trinajstić information content (AvgIpc) is 2.69. The molecule has 1 heteroatoms. The molecule has 154 valence electrons. The third-order valence-corrected chi connectivity index (χ3v) is 8.15. The maximum Gasteiger partial charge on any atom is 0.127 e. The number of ether oxygens (including phenoxy) is 1. The summed E-state index contributed by atoms with van der Waals surface area (Å²) < 4.78 is 6.12. The van der Waals surface area contributed by atoms with E-state index in [1.807, 2.05) is 0 Å². The van der Waals surface area contributed by atoms with Crippen LogP contribution < -0.4 is 4.74 Å². The molecule has 29 heavy (non-hydrogen) atoms. The summed E-state index contributed by atoms with van der Waals surface area (Å²) in [6.45, 7) is 13.9. The summed E-state index contributed by atoms with van der Waals surface area (Å²) in [6, 6.07) is 12.9. The highest BCUT2D eigenvalue weighted by Crippen LogP contribution is 2.52. The predicted molar refractivity (Wildman–Crippen MR) is 123 cm³/mol. The molecule has 2 aromatic rings. The molecule has 1 saturated carbocycles. The summed E-state index contributed by atoms with van der Waals surface area (Å²) in [5, 5.41) is 0. The quantitative estimate of drug-likeness (QED) is 0.477. The van der Waals surface area contributed by atoms with Crippen molar-refractivity contribution in [3.05, 3.63) is 70.8 Å². The molecule has 0 spiro atoms. The van der Waals surface area contributed by atoms with Gasteiger partial charge >= 0.3 is 0 Å². The first-order chi connectivity index (χ1) is 13.8. The molecule has 1 fully saturated rings. The lowest BCUT2D eigenvalue weighted by molar-refractivity contribution is 0.0285. The minimum Gasteiger partial charge on any atom is -0.457 e. The molecular formula is C28H36O. The fourth-order valence-corrected chi connectivity index (χ4v) is 5.83. The van der Waals surface area contributed by atoms with Crippen LogP contribution >= 0.6 is 0 Å². The molecule has 0 radical (unpaired) electrons. The largest absolute Gasteiger partial charge is 0.457 e. The summed E-state index contributed by atoms with van der Waals surface area (Å²) in [5.41, 5.74) is 5.38. The van der Waals surface area contributed by atoms with Crippen molar-refractivity contribution in [3.63, 3.8) is 0 Å². The van der Waals surface area contributed by atoms with Crippen LogP contribution in [0, 0.1) is 56.3 Å². The minimum absolute atomic E-state index is 0.762. The molecule has 6 atom stereocenters. The molecule has 0 amide bonds. The zero-order valence-electron chi connectivity index (χ0n) is 18.9. The van der Waals surface area contributed by atoms with Gasteiger partial charge in [-0.3, -0.25) is 0 Å². The molecule has 1 nitrogen and oxygen atoms in total. The van der Waals surface area contributed by atoms with Gasteiger partial charge < -0.3 is 4.74 Å². The second-order valence-electron chi connectivity index (χ2n) is 9.76. The minimum atomic E-state index is 0.762. The number of hydrogen-bond donors (Lipinski definition) is 0. The Morgan fingerprint density at radius 3 is 2.00 bits per heavy atom. The van der Waals surface area contributed by atoms with Gasteiger partial charge in [-0.05, 0) is 116 Å². The molecule has 0 heterocycles. The molecule has 2 bridgehead atoms. The van der Waals surface area contributed by atoms with Crippen LogP contribution in [-0.2, 0) is 6.42 Å². The first-order valence-electron chi connectivity index (χ1n) is 11.4. The van der Waals surface area contributed by atoms with Crippen LogP contribution in [0.4, 0.5) is 0 Å². The predicted octanol–water partition coefficient (Wildman–Crippen LogP) is 7.68. The number of aryl methyl sites for hydroxylation is 4. The monoisotopic (exact) mass is 388 g/mol. The van der Waals surface area contributed by atoms with Crippen LogP contribution in [0.5, 0.6) is 11.5 Å². The maximum atomic E-state index is 6.12. The van der Waals surface area contributed by atoms with Crippen molar-refractivity contribution >= 4 is 0 Å². The first kappa shape index (κ1) is 20.3. The van der Waals surface area contributed by atoms with E-state index in [4.69, 9.17) is 4.74 Å². The van der Waals surface area contributed by atoms with Gasteiger partial charge in [-0.1, -0.05) is 45.1 Å². The summed E-state index contributed by atoms with van der Waals surface area (Å²) >= 11 is 0. The normalized spacial score (nSPS) is 30.6. The Balaban J connectivity index is 1.42. The van der Waals surface area contributed by atoms with Crippen LogP contribution in [0.1, 0.15) is 49.4 Å². The van der Waals surface area contributed by atoms with Gasteiger partial charge in [0, 0.05) is 0 Å². The second kappa shape index (κ2) is 8.01. The lowest BCUT2D eigenvalue weighted by atomic mass is 9.53. The SMILES string of the molecule is Cc1ccc(Oc2ccc(CCC3C(C)C4C=CC3C(C)C4C)c(C)c2)cc1C. The fourth-order valence-electron chi connectivity index (χ4n) is 5.83. The van der Waals surface area contributed by atoms with Gasteiger partial charge in [0.1, 0.15) is 11.5 Å². The van der Waals surface area contributed by atoms with Crippen LogP contribution in [-0.4, -0.2) is 0 Å². The summed E-state index contributed by atoms with van der Waals surface area (Å²) in [7, 11) is 0. The first-order valence-corrected chi connectivity index (χ1v) is 11.4. The molecule has 3 aliphatic carbocycles. The van der Waals surface area contributed by atoms with E-state index < -0.39 is 0 Å². The zero-order chi connectivity index (χ0) is 20.7. The Bertz CT molecular complexity index is 909. The van der Waals surface area contributed by atoms with Crippen LogP contribution in [0.15, 0.2) is 48.6 Å². The van der Waals surface area contributed by atoms with E-state index in [1.54, 1.807) is 0 Å². The summed E-state index contributed by atoms with van der Waals surface area (Å²) in [6.07, 6.45) is 7.51.